The molecule has 0 bridgehead atoms. The molecule has 0 saturated heterocycles. The third-order valence-corrected chi connectivity index (χ3v) is 2.73. The molecule has 4 nitrogen and oxygen atoms in total. The second-order valence-electron chi connectivity index (χ2n) is 4.24. The lowest BCUT2D eigenvalue weighted by molar-refractivity contribution is 0.811. The van der Waals surface area contributed by atoms with Crippen molar-refractivity contribution in [2.45, 2.75) is 46.5 Å². The van der Waals surface area contributed by atoms with Gasteiger partial charge in [0.2, 0.25) is 0 Å². The summed E-state index contributed by atoms with van der Waals surface area (Å²) in [6.07, 6.45) is 4.36. The van der Waals surface area contributed by atoms with Crippen LogP contribution in [0.25, 0.3) is 0 Å². The molecule has 17 heavy (non-hydrogen) atoms. The highest BCUT2D eigenvalue weighted by Gasteiger charge is 2.08. The van der Waals surface area contributed by atoms with Crippen molar-refractivity contribution < 1.29 is 0 Å². The molecule has 0 aliphatic rings. The van der Waals surface area contributed by atoms with Gasteiger partial charge in [0, 0.05) is 25.6 Å². The zero-order chi connectivity index (χ0) is 12.7. The zero-order valence-corrected chi connectivity index (χ0v) is 11.4. The number of hydrogen-bond donors (Lipinski definition) is 2. The summed E-state index contributed by atoms with van der Waals surface area (Å²) in [5, 5.41) is 6.53. The molecule has 0 aromatic carbocycles. The first kappa shape index (κ1) is 13.7. The van der Waals surface area contributed by atoms with E-state index in [1.165, 1.54) is 12.8 Å². The number of unbranched alkanes of at least 4 members (excludes halogenated alkanes) is 1. The van der Waals surface area contributed by atoms with E-state index in [1.807, 2.05) is 7.05 Å². The molecule has 0 fully saturated rings. The molecule has 0 unspecified atom stereocenters. The van der Waals surface area contributed by atoms with Crippen LogP contribution in [0.5, 0.6) is 0 Å². The summed E-state index contributed by atoms with van der Waals surface area (Å²) in [4.78, 5) is 9.09. The van der Waals surface area contributed by atoms with E-state index in [0.29, 0.717) is 0 Å². The molecule has 0 aliphatic heterocycles. The highest BCUT2D eigenvalue weighted by atomic mass is 15.1. The standard InChI is InChI=1S/C13H24N4/c1-5-7-9-15-13-10(3)12(14-4)16-11(17-13)8-6-2/h5-9H2,1-4H3,(H2,14,15,16,17). The Labute approximate surface area is 104 Å². The van der Waals surface area contributed by atoms with Gasteiger partial charge in [0.25, 0.3) is 0 Å². The van der Waals surface area contributed by atoms with Gasteiger partial charge in [-0.05, 0) is 19.8 Å². The van der Waals surface area contributed by atoms with Crippen LogP contribution in [0.1, 0.15) is 44.5 Å². The number of nitrogens with one attached hydrogen (secondary N) is 2. The van der Waals surface area contributed by atoms with Crippen LogP contribution in [0, 0.1) is 6.92 Å². The van der Waals surface area contributed by atoms with E-state index in [4.69, 9.17) is 0 Å². The summed E-state index contributed by atoms with van der Waals surface area (Å²) >= 11 is 0. The molecule has 0 spiro atoms. The number of anilines is 2. The summed E-state index contributed by atoms with van der Waals surface area (Å²) in [6.45, 7) is 7.36. The molecule has 0 aliphatic carbocycles. The van der Waals surface area contributed by atoms with Gasteiger partial charge >= 0.3 is 0 Å². The summed E-state index contributed by atoms with van der Waals surface area (Å²) in [5.41, 5.74) is 1.10. The fraction of sp³-hybridized carbons (Fsp3) is 0.692. The van der Waals surface area contributed by atoms with Gasteiger partial charge in [-0.1, -0.05) is 20.3 Å². The van der Waals surface area contributed by atoms with E-state index in [1.54, 1.807) is 0 Å². The van der Waals surface area contributed by atoms with Crippen LogP contribution in [-0.4, -0.2) is 23.6 Å². The fourth-order valence-corrected chi connectivity index (χ4v) is 1.70. The van der Waals surface area contributed by atoms with E-state index in [9.17, 15) is 0 Å². The number of aryl methyl sites for hydroxylation is 1. The lowest BCUT2D eigenvalue weighted by Gasteiger charge is -2.13. The van der Waals surface area contributed by atoms with E-state index >= 15 is 0 Å². The fourth-order valence-electron chi connectivity index (χ4n) is 1.70. The van der Waals surface area contributed by atoms with Gasteiger partial charge in [-0.25, -0.2) is 9.97 Å². The van der Waals surface area contributed by atoms with E-state index in [2.05, 4.69) is 41.4 Å². The molecule has 0 amide bonds. The Kier molecular flexibility index (Phi) is 5.73. The van der Waals surface area contributed by atoms with E-state index < -0.39 is 0 Å². The van der Waals surface area contributed by atoms with Crippen molar-refractivity contribution in [1.29, 1.82) is 0 Å². The number of nitrogens with zero attached hydrogens (tertiary/aromatic N) is 2. The Morgan fingerprint density at radius 1 is 1.06 bits per heavy atom. The monoisotopic (exact) mass is 236 g/mol. The Morgan fingerprint density at radius 2 is 1.76 bits per heavy atom. The molecule has 1 heterocycles. The van der Waals surface area contributed by atoms with Crippen LogP contribution in [0.3, 0.4) is 0 Å². The van der Waals surface area contributed by atoms with Crippen LogP contribution >= 0.6 is 0 Å². The molecule has 4 heteroatoms. The first-order valence-electron chi connectivity index (χ1n) is 6.52. The van der Waals surface area contributed by atoms with Gasteiger partial charge in [-0.2, -0.15) is 0 Å². The van der Waals surface area contributed by atoms with E-state index in [-0.39, 0.29) is 0 Å². The summed E-state index contributed by atoms with van der Waals surface area (Å²) in [5.74, 6) is 2.82. The van der Waals surface area contributed by atoms with Gasteiger partial charge in [-0.15, -0.1) is 0 Å². The van der Waals surface area contributed by atoms with Crippen LogP contribution < -0.4 is 10.6 Å². The molecule has 0 saturated carbocycles. The van der Waals surface area contributed by atoms with Crippen molar-refractivity contribution in [3.63, 3.8) is 0 Å². The Morgan fingerprint density at radius 3 is 2.35 bits per heavy atom. The molecule has 1 rings (SSSR count). The van der Waals surface area contributed by atoms with Crippen molar-refractivity contribution >= 4 is 11.6 Å². The van der Waals surface area contributed by atoms with Crippen molar-refractivity contribution in [2.24, 2.45) is 0 Å². The average Bonchev–Trinajstić information content (AvgIpc) is 2.33. The minimum Gasteiger partial charge on any atom is -0.373 e. The third kappa shape index (κ3) is 3.88. The third-order valence-electron chi connectivity index (χ3n) is 2.73. The summed E-state index contributed by atoms with van der Waals surface area (Å²) in [7, 11) is 1.90. The van der Waals surface area contributed by atoms with Crippen LogP contribution in [0.2, 0.25) is 0 Å². The van der Waals surface area contributed by atoms with Gasteiger partial charge in [0.15, 0.2) is 0 Å². The second-order valence-corrected chi connectivity index (χ2v) is 4.24. The van der Waals surface area contributed by atoms with Gasteiger partial charge < -0.3 is 10.6 Å². The molecular formula is C13H24N4. The molecule has 0 radical (unpaired) electrons. The average molecular weight is 236 g/mol. The quantitative estimate of drug-likeness (QED) is 0.715. The molecule has 0 atom stereocenters. The highest BCUT2D eigenvalue weighted by molar-refractivity contribution is 5.56. The van der Waals surface area contributed by atoms with Gasteiger partial charge in [0.05, 0.1) is 0 Å². The predicted octanol–water partition coefficient (Wildman–Crippen LogP) is 2.99. The zero-order valence-electron chi connectivity index (χ0n) is 11.4. The van der Waals surface area contributed by atoms with Crippen molar-refractivity contribution in [2.75, 3.05) is 24.2 Å². The summed E-state index contributed by atoms with van der Waals surface area (Å²) < 4.78 is 0. The Bertz CT molecular complexity index is 350. The van der Waals surface area contributed by atoms with Crippen LogP contribution in [0.15, 0.2) is 0 Å². The maximum absolute atomic E-state index is 4.58. The normalized spacial score (nSPS) is 10.4. The lowest BCUT2D eigenvalue weighted by Crippen LogP contribution is -2.10. The SMILES string of the molecule is CCCCNc1nc(CCC)nc(NC)c1C. The van der Waals surface area contributed by atoms with Crippen molar-refractivity contribution in [3.05, 3.63) is 11.4 Å². The van der Waals surface area contributed by atoms with Crippen LogP contribution in [-0.2, 0) is 6.42 Å². The van der Waals surface area contributed by atoms with Crippen LogP contribution in [0.4, 0.5) is 11.6 Å². The second kappa shape index (κ2) is 7.09. The molecule has 1 aromatic rings. The maximum Gasteiger partial charge on any atom is 0.134 e. The molecule has 2 N–H and O–H groups in total. The Balaban J connectivity index is 2.88. The minimum absolute atomic E-state index is 0.918. The molecule has 1 aromatic heterocycles. The minimum atomic E-state index is 0.918. The highest BCUT2D eigenvalue weighted by Crippen LogP contribution is 2.20. The lowest BCUT2D eigenvalue weighted by atomic mass is 10.2. The predicted molar refractivity (Wildman–Crippen MR) is 73.7 cm³/mol. The van der Waals surface area contributed by atoms with Crippen molar-refractivity contribution in [1.82, 2.24) is 9.97 Å². The topological polar surface area (TPSA) is 49.8 Å². The molecule has 96 valence electrons. The largest absolute Gasteiger partial charge is 0.373 e. The molecular weight excluding hydrogens is 212 g/mol. The number of hydrogen-bond acceptors (Lipinski definition) is 4. The Hall–Kier alpha value is -1.32. The van der Waals surface area contributed by atoms with E-state index in [0.717, 1.165) is 42.4 Å². The smallest absolute Gasteiger partial charge is 0.134 e. The first-order chi connectivity index (χ1) is 8.22. The number of aromatic nitrogens is 2. The van der Waals surface area contributed by atoms with Gasteiger partial charge in [0.1, 0.15) is 17.5 Å². The van der Waals surface area contributed by atoms with Crippen molar-refractivity contribution in [3.8, 4) is 0 Å². The number of rotatable bonds is 7. The maximum atomic E-state index is 4.58. The first-order valence-corrected chi connectivity index (χ1v) is 6.52. The summed E-state index contributed by atoms with van der Waals surface area (Å²) in [6, 6.07) is 0. The van der Waals surface area contributed by atoms with Gasteiger partial charge in [-0.3, -0.25) is 0 Å².